The molecule has 13 heteroatoms. The molecule has 0 bridgehead atoms. The van der Waals surface area contributed by atoms with Gasteiger partial charge in [-0.2, -0.15) is 0 Å². The van der Waals surface area contributed by atoms with Gasteiger partial charge in [0.05, 0.1) is 22.3 Å². The van der Waals surface area contributed by atoms with E-state index in [1.54, 1.807) is 19.9 Å². The summed E-state index contributed by atoms with van der Waals surface area (Å²) in [4.78, 5) is 75.5. The molecule has 0 saturated carbocycles. The third-order valence-corrected chi connectivity index (χ3v) is 9.00. The molecule has 0 spiro atoms. The molecule has 0 aromatic heterocycles. The van der Waals surface area contributed by atoms with Crippen LogP contribution in [0.3, 0.4) is 0 Å². The number of hydrogen-bond donors (Lipinski definition) is 3. The Morgan fingerprint density at radius 2 is 1.73 bits per heavy atom. The van der Waals surface area contributed by atoms with Crippen LogP contribution in [0.4, 0.5) is 0 Å². The minimum absolute atomic E-state index is 0.0503. The maximum absolute atomic E-state index is 13.5. The molecule has 216 valence electrons. The van der Waals surface area contributed by atoms with E-state index in [0.29, 0.717) is 12.7 Å². The largest absolute Gasteiger partial charge is 0.481 e. The minimum Gasteiger partial charge on any atom is -0.481 e. The van der Waals surface area contributed by atoms with Crippen molar-refractivity contribution in [3.8, 4) is 0 Å². The Morgan fingerprint density at radius 1 is 1.05 bits per heavy atom. The molecule has 0 unspecified atom stereocenters. The Kier molecular flexibility index (Phi) is 8.38. The van der Waals surface area contributed by atoms with E-state index in [1.807, 2.05) is 0 Å². The number of fused-ring (bicyclic) bond motifs is 2. The number of carbonyl (C=O) groups excluding carboxylic acids is 5. The zero-order valence-electron chi connectivity index (χ0n) is 22.3. The van der Waals surface area contributed by atoms with Gasteiger partial charge < -0.3 is 25.4 Å². The van der Waals surface area contributed by atoms with Gasteiger partial charge in [-0.1, -0.05) is 26.0 Å². The van der Waals surface area contributed by atoms with Crippen LogP contribution < -0.4 is 10.6 Å². The number of amides is 3. The number of nitrogens with zero attached hydrogens (tertiary/aromatic N) is 1. The summed E-state index contributed by atoms with van der Waals surface area (Å²) in [6.45, 7) is 3.59. The van der Waals surface area contributed by atoms with E-state index in [0.717, 1.165) is 6.07 Å². The van der Waals surface area contributed by atoms with Gasteiger partial charge in [0.15, 0.2) is 5.78 Å². The van der Waals surface area contributed by atoms with Gasteiger partial charge in [0, 0.05) is 23.2 Å². The van der Waals surface area contributed by atoms with Gasteiger partial charge in [0.2, 0.25) is 21.7 Å². The molecule has 0 aliphatic carbocycles. The van der Waals surface area contributed by atoms with Crippen LogP contribution in [-0.4, -0.2) is 78.9 Å². The lowest BCUT2D eigenvalue weighted by molar-refractivity contribution is -0.142. The predicted octanol–water partition coefficient (Wildman–Crippen LogP) is 0.968. The number of likely N-dealkylation sites (tertiary alicyclic amines) is 1. The van der Waals surface area contributed by atoms with Crippen molar-refractivity contribution in [3.63, 3.8) is 0 Å². The fraction of sp³-hybridized carbons (Fsp3) is 0.357. The van der Waals surface area contributed by atoms with Crippen molar-refractivity contribution in [1.82, 2.24) is 15.5 Å². The first-order chi connectivity index (χ1) is 19.4. The molecule has 2 aliphatic heterocycles. The van der Waals surface area contributed by atoms with Crippen LogP contribution >= 0.6 is 0 Å². The maximum atomic E-state index is 13.5. The molecule has 3 atom stereocenters. The molecule has 4 rings (SSSR count). The lowest BCUT2D eigenvalue weighted by Crippen LogP contribution is -2.56. The van der Waals surface area contributed by atoms with Gasteiger partial charge in [-0.05, 0) is 49.1 Å². The van der Waals surface area contributed by atoms with Gasteiger partial charge in [0.25, 0.3) is 5.91 Å². The molecule has 3 N–H and O–H groups in total. The molecule has 2 heterocycles. The number of aldehydes is 1. The van der Waals surface area contributed by atoms with Crippen molar-refractivity contribution in [1.29, 1.82) is 0 Å². The summed E-state index contributed by atoms with van der Waals surface area (Å²) in [6, 6.07) is 6.21. The van der Waals surface area contributed by atoms with Gasteiger partial charge in [0.1, 0.15) is 18.4 Å². The number of ketones is 1. The van der Waals surface area contributed by atoms with E-state index in [9.17, 15) is 37.2 Å². The number of carboxylic acid groups (broad SMARTS) is 1. The monoisotopic (exact) mass is 583 g/mol. The van der Waals surface area contributed by atoms with Gasteiger partial charge >= 0.3 is 5.97 Å². The van der Waals surface area contributed by atoms with Crippen LogP contribution in [0.2, 0.25) is 0 Å². The fourth-order valence-corrected chi connectivity index (χ4v) is 6.72. The number of aliphatic carboxylic acids is 1. The Bertz CT molecular complexity index is 1550. The summed E-state index contributed by atoms with van der Waals surface area (Å²) < 4.78 is 26.5. The highest BCUT2D eigenvalue weighted by Crippen LogP contribution is 2.34. The van der Waals surface area contributed by atoms with Crippen molar-refractivity contribution in [2.24, 2.45) is 5.92 Å². The number of rotatable bonds is 9. The minimum atomic E-state index is -4.08. The first kappa shape index (κ1) is 29.6. The van der Waals surface area contributed by atoms with Crippen molar-refractivity contribution in [2.75, 3.05) is 6.54 Å². The normalized spacial score (nSPS) is 18.6. The second-order valence-corrected chi connectivity index (χ2v) is 12.2. The maximum Gasteiger partial charge on any atom is 0.305 e. The van der Waals surface area contributed by atoms with Crippen LogP contribution in [-0.2, 0) is 29.0 Å². The molecule has 1 fully saturated rings. The van der Waals surface area contributed by atoms with Crippen LogP contribution in [0, 0.1) is 5.92 Å². The number of hydrogen-bond acceptors (Lipinski definition) is 8. The molecule has 2 aromatic rings. The van der Waals surface area contributed by atoms with E-state index >= 15 is 0 Å². The molecule has 0 radical (unpaired) electrons. The Balaban J connectivity index is 1.55. The quantitative estimate of drug-likeness (QED) is 0.309. The van der Waals surface area contributed by atoms with E-state index in [2.05, 4.69) is 10.6 Å². The summed E-state index contributed by atoms with van der Waals surface area (Å²) in [7, 11) is -4.08. The zero-order chi connectivity index (χ0) is 30.1. The summed E-state index contributed by atoms with van der Waals surface area (Å²) in [5, 5.41) is 13.9. The van der Waals surface area contributed by atoms with Gasteiger partial charge in [-0.3, -0.25) is 24.0 Å². The Morgan fingerprint density at radius 3 is 2.39 bits per heavy atom. The van der Waals surface area contributed by atoms with Crippen molar-refractivity contribution >= 4 is 45.6 Å². The molecule has 2 aromatic carbocycles. The number of benzene rings is 2. The van der Waals surface area contributed by atoms with E-state index < -0.39 is 69.8 Å². The van der Waals surface area contributed by atoms with Gasteiger partial charge in [-0.25, -0.2) is 8.42 Å². The van der Waals surface area contributed by atoms with Crippen molar-refractivity contribution < 1.29 is 42.3 Å². The second kappa shape index (κ2) is 11.6. The lowest BCUT2D eigenvalue weighted by atomic mass is 9.99. The second-order valence-electron chi connectivity index (χ2n) is 10.3. The molecule has 1 saturated heterocycles. The molecule has 12 nitrogen and oxygen atoms in total. The molecule has 41 heavy (non-hydrogen) atoms. The summed E-state index contributed by atoms with van der Waals surface area (Å²) in [6.07, 6.45) is 0.474. The number of sulfone groups is 1. The Hall–Kier alpha value is -4.39. The summed E-state index contributed by atoms with van der Waals surface area (Å²) in [5.74, 6) is -4.15. The standard InChI is InChI=1S/C28H29N3O9S/c1-15(2)24(28(38)31-11-5-7-20(31)27(37)29-17(14-32)13-23(33)34)30-26(36)16-9-10-19-22(12-16)41(39,40)21-8-4-3-6-18(21)25(19)35/h3-4,6,8-10,12,14-15,17,20,24H,5,7,11,13H2,1-2H3,(H,29,37)(H,30,36)(H,33,34)/t17-,20-,24-/m0/s1. The smallest absolute Gasteiger partial charge is 0.305 e. The number of nitrogens with one attached hydrogen (secondary N) is 2. The van der Waals surface area contributed by atoms with Crippen LogP contribution in [0.5, 0.6) is 0 Å². The average Bonchev–Trinajstić information content (AvgIpc) is 3.43. The number of carbonyl (C=O) groups is 6. The molecule has 3 amide bonds. The van der Waals surface area contributed by atoms with Crippen molar-refractivity contribution in [3.05, 3.63) is 59.2 Å². The zero-order valence-corrected chi connectivity index (χ0v) is 23.1. The highest BCUT2D eigenvalue weighted by Gasteiger charge is 2.40. The van der Waals surface area contributed by atoms with Crippen LogP contribution in [0.25, 0.3) is 0 Å². The lowest BCUT2D eigenvalue weighted by Gasteiger charge is -2.31. The van der Waals surface area contributed by atoms with E-state index in [1.165, 1.54) is 35.2 Å². The Labute approximate surface area is 236 Å². The topological polar surface area (TPSA) is 184 Å². The highest BCUT2D eigenvalue weighted by molar-refractivity contribution is 7.91. The predicted molar refractivity (Wildman–Crippen MR) is 143 cm³/mol. The molecular weight excluding hydrogens is 554 g/mol. The first-order valence-electron chi connectivity index (χ1n) is 13.0. The van der Waals surface area contributed by atoms with E-state index in [-0.39, 0.29) is 39.4 Å². The number of carboxylic acids is 1. The van der Waals surface area contributed by atoms with Crippen LogP contribution in [0.1, 0.15) is 59.4 Å². The molecular formula is C28H29N3O9S. The fourth-order valence-electron chi connectivity index (χ4n) is 5.05. The molecule has 2 aliphatic rings. The third kappa shape index (κ3) is 5.75. The van der Waals surface area contributed by atoms with Crippen LogP contribution in [0.15, 0.2) is 52.3 Å². The van der Waals surface area contributed by atoms with Gasteiger partial charge in [-0.15, -0.1) is 0 Å². The summed E-state index contributed by atoms with van der Waals surface area (Å²) >= 11 is 0. The highest BCUT2D eigenvalue weighted by atomic mass is 32.2. The average molecular weight is 584 g/mol. The van der Waals surface area contributed by atoms with Crippen molar-refractivity contribution in [2.45, 2.75) is 61.0 Å². The third-order valence-electron chi connectivity index (χ3n) is 7.14. The summed E-state index contributed by atoms with van der Waals surface area (Å²) in [5.41, 5.74) is -0.0790. The SMILES string of the molecule is CC(C)[C@H](NC(=O)c1ccc2c(c1)S(=O)(=O)c1ccccc1C2=O)C(=O)N1CCC[C@H]1C(=O)N[C@H](C=O)CC(=O)O. The first-order valence-corrected chi connectivity index (χ1v) is 14.5. The van der Waals surface area contributed by atoms with E-state index in [4.69, 9.17) is 5.11 Å².